The Kier molecular flexibility index (Phi) is 2.62. The van der Waals surface area contributed by atoms with Crippen molar-refractivity contribution in [3.8, 4) is 0 Å². The van der Waals surface area contributed by atoms with Gasteiger partial charge in [0.05, 0.1) is 5.03 Å². The van der Waals surface area contributed by atoms with Crippen molar-refractivity contribution >= 4 is 11.6 Å². The molecule has 0 fully saturated rings. The molecule has 0 aromatic heterocycles. The molecule has 1 rings (SSSR count). The third-order valence-electron chi connectivity index (χ3n) is 2.00. The van der Waals surface area contributed by atoms with Gasteiger partial charge in [-0.15, -0.1) is 0 Å². The van der Waals surface area contributed by atoms with Gasteiger partial charge >= 0.3 is 0 Å². The topological polar surface area (TPSA) is 0 Å². The average Bonchev–Trinajstić information content (AvgIpc) is 1.92. The van der Waals surface area contributed by atoms with Crippen LogP contribution in [0.2, 0.25) is 0 Å². The van der Waals surface area contributed by atoms with Gasteiger partial charge in [0, 0.05) is 6.42 Å². The zero-order valence-electron chi connectivity index (χ0n) is 7.70. The SMILES string of the molecule is CC(C)(C)C1=CCC(F)C(Cl)=C1. The van der Waals surface area contributed by atoms with Gasteiger partial charge in [-0.1, -0.05) is 38.4 Å². The Balaban J connectivity index is 2.85. The Labute approximate surface area is 78.1 Å². The van der Waals surface area contributed by atoms with Crippen molar-refractivity contribution in [3.63, 3.8) is 0 Å². The first kappa shape index (κ1) is 9.79. The normalized spacial score (nSPS) is 24.9. The van der Waals surface area contributed by atoms with Crippen LogP contribution in [-0.4, -0.2) is 6.17 Å². The van der Waals surface area contributed by atoms with Gasteiger partial charge in [0.25, 0.3) is 0 Å². The van der Waals surface area contributed by atoms with Crippen LogP contribution in [0.4, 0.5) is 4.39 Å². The van der Waals surface area contributed by atoms with E-state index in [0.717, 1.165) is 5.57 Å². The fourth-order valence-corrected chi connectivity index (χ4v) is 1.37. The van der Waals surface area contributed by atoms with Crippen LogP contribution >= 0.6 is 11.6 Å². The van der Waals surface area contributed by atoms with Crippen molar-refractivity contribution in [1.82, 2.24) is 0 Å². The van der Waals surface area contributed by atoms with Crippen molar-refractivity contribution in [2.24, 2.45) is 5.41 Å². The highest BCUT2D eigenvalue weighted by atomic mass is 35.5. The molecule has 1 atom stereocenters. The second-order valence-electron chi connectivity index (χ2n) is 4.14. The Morgan fingerprint density at radius 3 is 2.50 bits per heavy atom. The molecule has 2 heteroatoms. The third-order valence-corrected chi connectivity index (χ3v) is 2.35. The van der Waals surface area contributed by atoms with Crippen molar-refractivity contribution in [2.75, 3.05) is 0 Å². The van der Waals surface area contributed by atoms with Crippen molar-refractivity contribution in [3.05, 3.63) is 22.8 Å². The molecule has 0 aromatic carbocycles. The highest BCUT2D eigenvalue weighted by Gasteiger charge is 2.21. The van der Waals surface area contributed by atoms with Crippen LogP contribution in [-0.2, 0) is 0 Å². The summed E-state index contributed by atoms with van der Waals surface area (Å²) in [6, 6.07) is 0. The predicted molar refractivity (Wildman–Crippen MR) is 51.0 cm³/mol. The summed E-state index contributed by atoms with van der Waals surface area (Å²) in [4.78, 5) is 0. The lowest BCUT2D eigenvalue weighted by Gasteiger charge is -2.24. The van der Waals surface area contributed by atoms with E-state index in [2.05, 4.69) is 20.8 Å². The summed E-state index contributed by atoms with van der Waals surface area (Å²) in [5.74, 6) is 0. The summed E-state index contributed by atoms with van der Waals surface area (Å²) in [5.41, 5.74) is 1.20. The minimum atomic E-state index is -0.988. The molecule has 0 radical (unpaired) electrons. The van der Waals surface area contributed by atoms with Gasteiger partial charge in [0.2, 0.25) is 0 Å². The van der Waals surface area contributed by atoms with E-state index >= 15 is 0 Å². The van der Waals surface area contributed by atoms with E-state index in [4.69, 9.17) is 11.6 Å². The molecule has 0 saturated carbocycles. The van der Waals surface area contributed by atoms with E-state index in [0.29, 0.717) is 11.5 Å². The molecule has 0 spiro atoms. The smallest absolute Gasteiger partial charge is 0.139 e. The summed E-state index contributed by atoms with van der Waals surface area (Å²) in [7, 11) is 0. The fourth-order valence-electron chi connectivity index (χ4n) is 1.16. The number of hydrogen-bond donors (Lipinski definition) is 0. The zero-order chi connectivity index (χ0) is 9.35. The molecular formula is C10H14ClF. The number of alkyl halides is 1. The van der Waals surface area contributed by atoms with Gasteiger partial charge in [-0.25, -0.2) is 4.39 Å². The van der Waals surface area contributed by atoms with Crippen LogP contribution in [0.15, 0.2) is 22.8 Å². The molecule has 0 bridgehead atoms. The van der Waals surface area contributed by atoms with E-state index in [9.17, 15) is 4.39 Å². The summed E-state index contributed by atoms with van der Waals surface area (Å²) in [6.07, 6.45) is 3.10. The molecule has 0 N–H and O–H groups in total. The highest BCUT2D eigenvalue weighted by Crippen LogP contribution is 2.33. The zero-order valence-corrected chi connectivity index (χ0v) is 8.45. The second-order valence-corrected chi connectivity index (χ2v) is 4.58. The summed E-state index contributed by atoms with van der Waals surface area (Å²) >= 11 is 5.71. The maximum Gasteiger partial charge on any atom is 0.139 e. The first-order valence-electron chi connectivity index (χ1n) is 4.13. The monoisotopic (exact) mass is 188 g/mol. The number of hydrogen-bond acceptors (Lipinski definition) is 0. The summed E-state index contributed by atoms with van der Waals surface area (Å²) < 4.78 is 12.9. The van der Waals surface area contributed by atoms with Crippen LogP contribution in [0.3, 0.4) is 0 Å². The van der Waals surface area contributed by atoms with Gasteiger partial charge in [-0.2, -0.15) is 0 Å². The van der Waals surface area contributed by atoms with Crippen LogP contribution in [0.1, 0.15) is 27.2 Å². The molecule has 0 heterocycles. The van der Waals surface area contributed by atoms with E-state index in [1.165, 1.54) is 0 Å². The lowest BCUT2D eigenvalue weighted by Crippen LogP contribution is -2.13. The van der Waals surface area contributed by atoms with Crippen LogP contribution in [0, 0.1) is 5.41 Å². The largest absolute Gasteiger partial charge is 0.241 e. The lowest BCUT2D eigenvalue weighted by atomic mass is 9.83. The highest BCUT2D eigenvalue weighted by molar-refractivity contribution is 6.30. The van der Waals surface area contributed by atoms with Crippen molar-refractivity contribution < 1.29 is 4.39 Å². The first-order valence-corrected chi connectivity index (χ1v) is 4.51. The van der Waals surface area contributed by atoms with Gasteiger partial charge < -0.3 is 0 Å². The average molecular weight is 189 g/mol. The Morgan fingerprint density at radius 2 is 2.08 bits per heavy atom. The van der Waals surface area contributed by atoms with Crippen LogP contribution in [0.5, 0.6) is 0 Å². The standard InChI is InChI=1S/C10H14ClF/c1-10(2,3)7-4-5-9(12)8(11)6-7/h4,6,9H,5H2,1-3H3. The minimum absolute atomic E-state index is 0.0697. The van der Waals surface area contributed by atoms with E-state index < -0.39 is 6.17 Å². The molecule has 0 nitrogen and oxygen atoms in total. The van der Waals surface area contributed by atoms with Crippen LogP contribution < -0.4 is 0 Å². The second kappa shape index (κ2) is 3.21. The number of halogens is 2. The van der Waals surface area contributed by atoms with Gasteiger partial charge in [-0.05, 0) is 17.1 Å². The molecule has 12 heavy (non-hydrogen) atoms. The quantitative estimate of drug-likeness (QED) is 0.542. The van der Waals surface area contributed by atoms with Gasteiger partial charge in [-0.3, -0.25) is 0 Å². The third kappa shape index (κ3) is 2.10. The van der Waals surface area contributed by atoms with E-state index in [1.54, 1.807) is 6.08 Å². The molecule has 1 aliphatic rings. The lowest BCUT2D eigenvalue weighted by molar-refractivity contribution is 0.388. The molecule has 0 aliphatic heterocycles. The summed E-state index contributed by atoms with van der Waals surface area (Å²) in [6.45, 7) is 6.29. The number of rotatable bonds is 0. The summed E-state index contributed by atoms with van der Waals surface area (Å²) in [5, 5.41) is 0.336. The Hall–Kier alpha value is -0.300. The predicted octanol–water partition coefficient (Wildman–Crippen LogP) is 3.82. The Bertz CT molecular complexity index is 233. The molecule has 0 amide bonds. The molecule has 1 unspecified atom stereocenters. The van der Waals surface area contributed by atoms with E-state index in [1.807, 2.05) is 6.08 Å². The molecule has 0 aromatic rings. The minimum Gasteiger partial charge on any atom is -0.241 e. The van der Waals surface area contributed by atoms with Gasteiger partial charge in [0.15, 0.2) is 0 Å². The molecule has 0 saturated heterocycles. The van der Waals surface area contributed by atoms with E-state index in [-0.39, 0.29) is 5.41 Å². The molecule has 1 aliphatic carbocycles. The maximum atomic E-state index is 12.9. The molecule has 68 valence electrons. The Morgan fingerprint density at radius 1 is 1.50 bits per heavy atom. The maximum absolute atomic E-state index is 12.9. The van der Waals surface area contributed by atoms with Crippen molar-refractivity contribution in [1.29, 1.82) is 0 Å². The first-order chi connectivity index (χ1) is 5.41. The van der Waals surface area contributed by atoms with Gasteiger partial charge in [0.1, 0.15) is 6.17 Å². The number of allylic oxidation sites excluding steroid dienone is 4. The van der Waals surface area contributed by atoms with Crippen LogP contribution in [0.25, 0.3) is 0 Å². The molecular weight excluding hydrogens is 175 g/mol. The van der Waals surface area contributed by atoms with Crippen molar-refractivity contribution in [2.45, 2.75) is 33.4 Å². The fraction of sp³-hybridized carbons (Fsp3) is 0.600.